The number of para-hydroxylation sites is 1. The third-order valence-corrected chi connectivity index (χ3v) is 13.6. The zero-order valence-corrected chi connectivity index (χ0v) is 36.0. The SMILES string of the molecule is CC1(C)c2ccccc2-c2cccc(-c3cccc(N(c4ccc(-c5ccc6ccccc6c5)cc4)c4ccccc4-c4cc5ccccc5c5ccccc45)c3-c3ccccc3)c21. The molecule has 11 aromatic rings. The van der Waals surface area contributed by atoms with Gasteiger partial charge in [0.2, 0.25) is 0 Å². The first-order chi connectivity index (χ1) is 31.5. The molecule has 0 aliphatic heterocycles. The Morgan fingerprint density at radius 1 is 0.312 bits per heavy atom. The van der Waals surface area contributed by atoms with E-state index in [1.807, 2.05) is 0 Å². The van der Waals surface area contributed by atoms with Crippen molar-refractivity contribution in [2.45, 2.75) is 19.3 Å². The number of benzene rings is 11. The Hall–Kier alpha value is -8.00. The standard InChI is InChI=1S/C63H45N/c1-63(2)58-31-14-12-26-52(58)55-29-16-30-56(62(55)63)54-28-17-33-60(61(54)44-19-4-3-5-20-44)64(48-38-36-43(37-39-48)46-35-34-42-18-6-7-21-45(42)40-46)59-32-15-13-27-53(59)57-41-47-22-8-9-23-49(47)50-24-10-11-25-51(50)57/h3-41H,1-2H3. The molecule has 0 amide bonds. The highest BCUT2D eigenvalue weighted by atomic mass is 15.1. The van der Waals surface area contributed by atoms with Gasteiger partial charge in [-0.15, -0.1) is 0 Å². The van der Waals surface area contributed by atoms with Crippen LogP contribution in [-0.4, -0.2) is 0 Å². The van der Waals surface area contributed by atoms with Crippen LogP contribution in [-0.2, 0) is 5.41 Å². The Balaban J connectivity index is 1.13. The van der Waals surface area contributed by atoms with Crippen LogP contribution >= 0.6 is 0 Å². The first-order valence-corrected chi connectivity index (χ1v) is 22.3. The normalized spacial score (nSPS) is 12.7. The molecular formula is C63H45N. The number of rotatable bonds is 7. The zero-order chi connectivity index (χ0) is 42.8. The number of anilines is 3. The first kappa shape index (κ1) is 37.7. The second-order valence-electron chi connectivity index (χ2n) is 17.6. The molecule has 11 aromatic carbocycles. The summed E-state index contributed by atoms with van der Waals surface area (Å²) in [5.41, 5.74) is 18.1. The molecule has 0 atom stereocenters. The molecule has 0 saturated heterocycles. The highest BCUT2D eigenvalue weighted by Gasteiger charge is 2.38. The molecule has 0 radical (unpaired) electrons. The van der Waals surface area contributed by atoms with Gasteiger partial charge in [0.15, 0.2) is 0 Å². The molecule has 0 aromatic heterocycles. The molecule has 64 heavy (non-hydrogen) atoms. The Kier molecular flexibility index (Phi) is 8.91. The highest BCUT2D eigenvalue weighted by molar-refractivity contribution is 6.15. The summed E-state index contributed by atoms with van der Waals surface area (Å²) < 4.78 is 0. The summed E-state index contributed by atoms with van der Waals surface area (Å²) in [5.74, 6) is 0. The molecule has 302 valence electrons. The minimum Gasteiger partial charge on any atom is -0.309 e. The molecule has 0 heterocycles. The molecule has 12 rings (SSSR count). The molecule has 0 bridgehead atoms. The van der Waals surface area contributed by atoms with Crippen LogP contribution in [0.25, 0.3) is 88.0 Å². The van der Waals surface area contributed by atoms with Gasteiger partial charge in [-0.3, -0.25) is 0 Å². The number of hydrogen-bond acceptors (Lipinski definition) is 1. The Bertz CT molecular complexity index is 3580. The van der Waals surface area contributed by atoms with E-state index in [1.54, 1.807) is 0 Å². The van der Waals surface area contributed by atoms with Gasteiger partial charge in [0.05, 0.1) is 11.4 Å². The van der Waals surface area contributed by atoms with Gasteiger partial charge in [-0.05, 0) is 124 Å². The molecule has 1 nitrogen and oxygen atoms in total. The van der Waals surface area contributed by atoms with Crippen LogP contribution in [0.3, 0.4) is 0 Å². The van der Waals surface area contributed by atoms with Crippen molar-refractivity contribution < 1.29 is 0 Å². The van der Waals surface area contributed by atoms with Crippen LogP contribution in [0.5, 0.6) is 0 Å². The van der Waals surface area contributed by atoms with E-state index >= 15 is 0 Å². The van der Waals surface area contributed by atoms with Gasteiger partial charge in [0.25, 0.3) is 0 Å². The lowest BCUT2D eigenvalue weighted by Gasteiger charge is -2.32. The van der Waals surface area contributed by atoms with Crippen LogP contribution in [0, 0.1) is 0 Å². The van der Waals surface area contributed by atoms with Crippen LogP contribution < -0.4 is 4.90 Å². The van der Waals surface area contributed by atoms with Crippen molar-refractivity contribution in [3.05, 3.63) is 248 Å². The van der Waals surface area contributed by atoms with Crippen molar-refractivity contribution >= 4 is 49.4 Å². The lowest BCUT2D eigenvalue weighted by atomic mass is 9.77. The lowest BCUT2D eigenvalue weighted by molar-refractivity contribution is 0.662. The van der Waals surface area contributed by atoms with Crippen molar-refractivity contribution in [3.63, 3.8) is 0 Å². The summed E-state index contributed by atoms with van der Waals surface area (Å²) in [4.78, 5) is 2.51. The predicted molar refractivity (Wildman–Crippen MR) is 273 cm³/mol. The Labute approximate surface area is 375 Å². The average Bonchev–Trinajstić information content (AvgIpc) is 3.60. The van der Waals surface area contributed by atoms with E-state index in [-0.39, 0.29) is 5.41 Å². The van der Waals surface area contributed by atoms with E-state index in [4.69, 9.17) is 0 Å². The minimum absolute atomic E-state index is 0.186. The average molecular weight is 816 g/mol. The van der Waals surface area contributed by atoms with E-state index in [0.717, 1.165) is 17.1 Å². The van der Waals surface area contributed by atoms with Gasteiger partial charge >= 0.3 is 0 Å². The van der Waals surface area contributed by atoms with Crippen molar-refractivity contribution in [2.24, 2.45) is 0 Å². The summed E-state index contributed by atoms with van der Waals surface area (Å²) in [5, 5.41) is 7.47. The molecule has 1 aliphatic rings. The smallest absolute Gasteiger partial charge is 0.0546 e. The predicted octanol–water partition coefficient (Wildman–Crippen LogP) is 17.6. The number of fused-ring (bicyclic) bond motifs is 7. The molecule has 0 spiro atoms. The highest BCUT2D eigenvalue weighted by Crippen LogP contribution is 2.55. The maximum absolute atomic E-state index is 2.51. The van der Waals surface area contributed by atoms with Gasteiger partial charge < -0.3 is 4.90 Å². The molecule has 0 unspecified atom stereocenters. The van der Waals surface area contributed by atoms with Gasteiger partial charge in [0.1, 0.15) is 0 Å². The van der Waals surface area contributed by atoms with Crippen molar-refractivity contribution in [2.75, 3.05) is 4.90 Å². The quantitative estimate of drug-likeness (QED) is 0.145. The summed E-state index contributed by atoms with van der Waals surface area (Å²) in [6.07, 6.45) is 0. The third kappa shape index (κ3) is 6.08. The second-order valence-corrected chi connectivity index (χ2v) is 17.6. The molecule has 0 fully saturated rings. The van der Waals surface area contributed by atoms with Crippen LogP contribution in [0.1, 0.15) is 25.0 Å². The van der Waals surface area contributed by atoms with E-state index in [1.165, 1.54) is 99.1 Å². The topological polar surface area (TPSA) is 3.24 Å². The van der Waals surface area contributed by atoms with Gasteiger partial charge in [-0.1, -0.05) is 214 Å². The Morgan fingerprint density at radius 3 is 1.69 bits per heavy atom. The maximum atomic E-state index is 2.51. The van der Waals surface area contributed by atoms with E-state index in [2.05, 4.69) is 255 Å². The molecule has 1 aliphatic carbocycles. The summed E-state index contributed by atoms with van der Waals surface area (Å²) in [6.45, 7) is 4.78. The fraction of sp³-hybridized carbons (Fsp3) is 0.0476. The molecule has 0 N–H and O–H groups in total. The minimum atomic E-state index is -0.186. The first-order valence-electron chi connectivity index (χ1n) is 22.3. The summed E-state index contributed by atoms with van der Waals surface area (Å²) >= 11 is 0. The summed E-state index contributed by atoms with van der Waals surface area (Å²) in [7, 11) is 0. The third-order valence-electron chi connectivity index (χ3n) is 13.6. The van der Waals surface area contributed by atoms with E-state index < -0.39 is 0 Å². The van der Waals surface area contributed by atoms with E-state index in [9.17, 15) is 0 Å². The summed E-state index contributed by atoms with van der Waals surface area (Å²) in [6, 6.07) is 87.4. The fourth-order valence-electron chi connectivity index (χ4n) is 10.7. The van der Waals surface area contributed by atoms with Gasteiger partial charge in [-0.25, -0.2) is 0 Å². The largest absolute Gasteiger partial charge is 0.309 e. The number of hydrogen-bond donors (Lipinski definition) is 0. The zero-order valence-electron chi connectivity index (χ0n) is 36.0. The van der Waals surface area contributed by atoms with Crippen molar-refractivity contribution in [1.82, 2.24) is 0 Å². The van der Waals surface area contributed by atoms with Crippen LogP contribution in [0.15, 0.2) is 237 Å². The molecule has 1 heteroatoms. The van der Waals surface area contributed by atoms with Gasteiger partial charge in [0, 0.05) is 22.2 Å². The van der Waals surface area contributed by atoms with Crippen LogP contribution in [0.2, 0.25) is 0 Å². The maximum Gasteiger partial charge on any atom is 0.0546 e. The molecule has 0 saturated carbocycles. The fourth-order valence-corrected chi connectivity index (χ4v) is 10.7. The second kappa shape index (κ2) is 15.1. The Morgan fingerprint density at radius 2 is 0.875 bits per heavy atom. The van der Waals surface area contributed by atoms with Crippen LogP contribution in [0.4, 0.5) is 17.1 Å². The molecular weight excluding hydrogens is 771 g/mol. The van der Waals surface area contributed by atoms with E-state index in [0.29, 0.717) is 0 Å². The lowest BCUT2D eigenvalue weighted by Crippen LogP contribution is -2.17. The van der Waals surface area contributed by atoms with Crippen molar-refractivity contribution in [3.8, 4) is 55.6 Å². The van der Waals surface area contributed by atoms with Gasteiger partial charge in [-0.2, -0.15) is 0 Å². The monoisotopic (exact) mass is 815 g/mol. The van der Waals surface area contributed by atoms with Crippen molar-refractivity contribution in [1.29, 1.82) is 0 Å². The number of nitrogens with zero attached hydrogens (tertiary/aromatic N) is 1.